The van der Waals surface area contributed by atoms with Crippen LogP contribution in [0.2, 0.25) is 5.02 Å². The lowest BCUT2D eigenvalue weighted by Crippen LogP contribution is -2.20. The maximum Gasteiger partial charge on any atom is 0.164 e. The van der Waals surface area contributed by atoms with Crippen LogP contribution in [0.4, 0.5) is 0 Å². The Morgan fingerprint density at radius 1 is 1.26 bits per heavy atom. The molecule has 0 saturated carbocycles. The van der Waals surface area contributed by atoms with Crippen LogP contribution in [0, 0.1) is 0 Å². The molecule has 0 radical (unpaired) electrons. The van der Waals surface area contributed by atoms with Crippen LogP contribution < -0.4 is 0 Å². The van der Waals surface area contributed by atoms with Gasteiger partial charge in [-0.25, -0.2) is 0 Å². The summed E-state index contributed by atoms with van der Waals surface area (Å²) < 4.78 is 0.892. The highest BCUT2D eigenvalue weighted by molar-refractivity contribution is 9.10. The molecule has 0 saturated heterocycles. The molecule has 1 nitrogen and oxygen atoms in total. The normalized spacial score (nSPS) is 16.6. The minimum Gasteiger partial charge on any atom is -0.294 e. The van der Waals surface area contributed by atoms with Crippen LogP contribution in [-0.2, 0) is 6.42 Å². The average molecular weight is 336 g/mol. The Hall–Kier alpha value is -1.12. The summed E-state index contributed by atoms with van der Waals surface area (Å²) in [5, 5.41) is 0.520. The van der Waals surface area contributed by atoms with Crippen LogP contribution in [0.1, 0.15) is 33.8 Å². The van der Waals surface area contributed by atoms with Gasteiger partial charge in [-0.1, -0.05) is 51.8 Å². The number of carbonyl (C=O) groups excluding carboxylic acids is 1. The van der Waals surface area contributed by atoms with E-state index < -0.39 is 0 Å². The van der Waals surface area contributed by atoms with E-state index in [1.807, 2.05) is 18.2 Å². The highest BCUT2D eigenvalue weighted by atomic mass is 79.9. The Morgan fingerprint density at radius 3 is 2.79 bits per heavy atom. The first-order valence-electron chi connectivity index (χ1n) is 6.21. The number of hydrogen-bond donors (Lipinski definition) is 0. The van der Waals surface area contributed by atoms with Crippen molar-refractivity contribution in [3.8, 4) is 0 Å². The van der Waals surface area contributed by atoms with Gasteiger partial charge in [-0.3, -0.25) is 4.79 Å². The molecule has 1 unspecified atom stereocenters. The third-order valence-corrected chi connectivity index (χ3v) is 4.43. The van der Waals surface area contributed by atoms with E-state index in [1.54, 1.807) is 12.1 Å². The molecule has 1 atom stereocenters. The van der Waals surface area contributed by atoms with Crippen molar-refractivity contribution < 1.29 is 4.79 Å². The van der Waals surface area contributed by atoms with Crippen molar-refractivity contribution in [1.29, 1.82) is 0 Å². The van der Waals surface area contributed by atoms with Gasteiger partial charge in [0.15, 0.2) is 5.78 Å². The number of hydrogen-bond acceptors (Lipinski definition) is 1. The molecule has 96 valence electrons. The molecule has 2 aromatic rings. The van der Waals surface area contributed by atoms with E-state index in [1.165, 1.54) is 11.1 Å². The van der Waals surface area contributed by atoms with E-state index in [2.05, 4.69) is 28.1 Å². The zero-order chi connectivity index (χ0) is 13.4. The lowest BCUT2D eigenvalue weighted by Gasteiger charge is -2.29. The summed E-state index contributed by atoms with van der Waals surface area (Å²) in [7, 11) is 0. The highest BCUT2D eigenvalue weighted by Crippen LogP contribution is 2.38. The maximum absolute atomic E-state index is 12.3. The number of halogens is 2. The first-order chi connectivity index (χ1) is 9.15. The highest BCUT2D eigenvalue weighted by Gasteiger charge is 2.28. The summed E-state index contributed by atoms with van der Waals surface area (Å²) in [6.07, 6.45) is 1.54. The number of fused-ring (bicyclic) bond motifs is 1. The van der Waals surface area contributed by atoms with Crippen molar-refractivity contribution >= 4 is 33.3 Å². The summed E-state index contributed by atoms with van der Waals surface area (Å²) in [6, 6.07) is 13.7. The summed E-state index contributed by atoms with van der Waals surface area (Å²) in [6.45, 7) is 0. The van der Waals surface area contributed by atoms with Crippen molar-refractivity contribution in [3.63, 3.8) is 0 Å². The van der Waals surface area contributed by atoms with Gasteiger partial charge in [0.1, 0.15) is 0 Å². The average Bonchev–Trinajstić information content (AvgIpc) is 2.35. The molecule has 0 fully saturated rings. The van der Waals surface area contributed by atoms with Crippen LogP contribution in [0.5, 0.6) is 0 Å². The molecular formula is C16H12BrClO. The van der Waals surface area contributed by atoms with Gasteiger partial charge >= 0.3 is 0 Å². The Morgan fingerprint density at radius 2 is 2.05 bits per heavy atom. The molecular weight excluding hydrogens is 324 g/mol. The smallest absolute Gasteiger partial charge is 0.164 e. The molecule has 0 spiro atoms. The second-order valence-electron chi connectivity index (χ2n) is 4.85. The maximum atomic E-state index is 12.3. The Balaban J connectivity index is 1.77. The quantitative estimate of drug-likeness (QED) is 0.720. The first-order valence-corrected chi connectivity index (χ1v) is 7.38. The van der Waals surface area contributed by atoms with Gasteiger partial charge < -0.3 is 0 Å². The van der Waals surface area contributed by atoms with Gasteiger partial charge in [0.2, 0.25) is 0 Å². The van der Waals surface area contributed by atoms with Gasteiger partial charge in [-0.05, 0) is 41.7 Å². The fourth-order valence-electron chi connectivity index (χ4n) is 2.59. The van der Waals surface area contributed by atoms with E-state index in [9.17, 15) is 4.79 Å². The SMILES string of the molecule is O=C(CC1Cc2ccccc21)c1ccc(Br)cc1Cl. The first kappa shape index (κ1) is 12.9. The number of ketones is 1. The fraction of sp³-hybridized carbons (Fsp3) is 0.188. The molecule has 0 amide bonds. The largest absolute Gasteiger partial charge is 0.294 e. The van der Waals surface area contributed by atoms with Crippen LogP contribution in [0.25, 0.3) is 0 Å². The third-order valence-electron chi connectivity index (χ3n) is 3.62. The minimum atomic E-state index is 0.122. The summed E-state index contributed by atoms with van der Waals surface area (Å²) in [5.41, 5.74) is 3.29. The minimum absolute atomic E-state index is 0.122. The van der Waals surface area contributed by atoms with E-state index >= 15 is 0 Å². The molecule has 0 bridgehead atoms. The van der Waals surface area contributed by atoms with Gasteiger partial charge in [0.25, 0.3) is 0 Å². The Labute approximate surface area is 125 Å². The predicted molar refractivity (Wildman–Crippen MR) is 81.0 cm³/mol. The van der Waals surface area contributed by atoms with Crippen molar-refractivity contribution in [2.75, 3.05) is 0 Å². The number of carbonyl (C=O) groups is 1. The molecule has 0 aliphatic heterocycles. The van der Waals surface area contributed by atoms with Crippen LogP contribution in [0.3, 0.4) is 0 Å². The van der Waals surface area contributed by atoms with Crippen molar-refractivity contribution in [1.82, 2.24) is 0 Å². The summed E-state index contributed by atoms with van der Waals surface area (Å²) in [4.78, 5) is 12.3. The Kier molecular flexibility index (Phi) is 3.46. The Bertz CT molecular complexity index is 651. The van der Waals surface area contributed by atoms with E-state index in [4.69, 9.17) is 11.6 Å². The van der Waals surface area contributed by atoms with Crippen LogP contribution >= 0.6 is 27.5 Å². The lowest BCUT2D eigenvalue weighted by atomic mass is 9.74. The van der Waals surface area contributed by atoms with E-state index in [0.29, 0.717) is 22.9 Å². The van der Waals surface area contributed by atoms with Crippen molar-refractivity contribution in [2.24, 2.45) is 0 Å². The van der Waals surface area contributed by atoms with E-state index in [0.717, 1.165) is 10.9 Å². The molecule has 0 aromatic heterocycles. The van der Waals surface area contributed by atoms with Gasteiger partial charge in [0.05, 0.1) is 5.02 Å². The molecule has 3 rings (SSSR count). The van der Waals surface area contributed by atoms with Gasteiger partial charge in [0, 0.05) is 16.5 Å². The number of Topliss-reactive ketones (excluding diaryl/α,β-unsaturated/α-hetero) is 1. The molecule has 3 heteroatoms. The summed E-state index contributed by atoms with van der Waals surface area (Å²) in [5.74, 6) is 0.473. The standard InChI is InChI=1S/C16H12BrClO/c17-12-5-6-14(15(18)9-12)16(19)8-11-7-10-3-1-2-4-13(10)11/h1-6,9,11H,7-8H2. The second kappa shape index (κ2) is 5.10. The number of benzene rings is 2. The number of rotatable bonds is 3. The molecule has 1 aliphatic carbocycles. The molecule has 1 aliphatic rings. The molecule has 0 N–H and O–H groups in total. The molecule has 0 heterocycles. The van der Waals surface area contributed by atoms with Gasteiger partial charge in [-0.15, -0.1) is 0 Å². The molecule has 2 aromatic carbocycles. The van der Waals surface area contributed by atoms with Crippen LogP contribution in [0.15, 0.2) is 46.9 Å². The van der Waals surface area contributed by atoms with Crippen molar-refractivity contribution in [3.05, 3.63) is 68.7 Å². The zero-order valence-electron chi connectivity index (χ0n) is 10.2. The zero-order valence-corrected chi connectivity index (χ0v) is 12.5. The fourth-order valence-corrected chi connectivity index (χ4v) is 3.37. The second-order valence-corrected chi connectivity index (χ2v) is 6.17. The molecule has 19 heavy (non-hydrogen) atoms. The third kappa shape index (κ3) is 2.47. The van der Waals surface area contributed by atoms with Gasteiger partial charge in [-0.2, -0.15) is 0 Å². The van der Waals surface area contributed by atoms with Crippen molar-refractivity contribution in [2.45, 2.75) is 18.8 Å². The summed E-state index contributed by atoms with van der Waals surface area (Å²) >= 11 is 9.47. The topological polar surface area (TPSA) is 17.1 Å². The van der Waals surface area contributed by atoms with Crippen LogP contribution in [-0.4, -0.2) is 5.78 Å². The monoisotopic (exact) mass is 334 g/mol. The predicted octanol–water partition coefficient (Wildman–Crippen LogP) is 5.02. The van der Waals surface area contributed by atoms with E-state index in [-0.39, 0.29) is 5.78 Å². The lowest BCUT2D eigenvalue weighted by molar-refractivity contribution is 0.0970.